The van der Waals surface area contributed by atoms with Gasteiger partial charge < -0.3 is 10.6 Å². The molecule has 5 rings (SSSR count). The first-order chi connectivity index (χ1) is 15.6. The highest BCUT2D eigenvalue weighted by Crippen LogP contribution is 2.48. The number of benzene rings is 2. The molecule has 2 saturated carbocycles. The molecule has 5 nitrogen and oxygen atoms in total. The van der Waals surface area contributed by atoms with Crippen LogP contribution < -0.4 is 10.6 Å². The molecule has 0 unspecified atom stereocenters. The maximum absolute atomic E-state index is 12.7. The van der Waals surface area contributed by atoms with E-state index in [9.17, 15) is 9.59 Å². The van der Waals surface area contributed by atoms with Gasteiger partial charge in [0, 0.05) is 23.9 Å². The quantitative estimate of drug-likeness (QED) is 0.573. The second-order valence-electron chi connectivity index (χ2n) is 9.07. The van der Waals surface area contributed by atoms with Gasteiger partial charge in [0.2, 0.25) is 0 Å². The Kier molecular flexibility index (Phi) is 5.25. The standard InChI is InChI=1S/C27H27N3O2/c31-24(28-18-26(14-15-26)20-8-3-1-4-9-20)22-12-7-13-23(30-22)25(32)29-19-27(16-17-27)21-10-5-2-6-11-21/h1-13H,14-19H2,(H,28,31)(H,29,32). The Morgan fingerprint density at radius 1 is 0.625 bits per heavy atom. The minimum atomic E-state index is -0.246. The largest absolute Gasteiger partial charge is 0.350 e. The van der Waals surface area contributed by atoms with E-state index >= 15 is 0 Å². The smallest absolute Gasteiger partial charge is 0.269 e. The molecule has 0 spiro atoms. The number of nitrogens with zero attached hydrogens (tertiary/aromatic N) is 1. The minimum Gasteiger partial charge on any atom is -0.350 e. The molecular formula is C27H27N3O2. The Bertz CT molecular complexity index is 1030. The molecule has 3 aromatic rings. The highest BCUT2D eigenvalue weighted by Gasteiger charge is 2.45. The first-order valence-corrected chi connectivity index (χ1v) is 11.2. The van der Waals surface area contributed by atoms with Crippen molar-refractivity contribution in [2.45, 2.75) is 36.5 Å². The Hall–Kier alpha value is -3.47. The van der Waals surface area contributed by atoms with Crippen LogP contribution in [0.25, 0.3) is 0 Å². The van der Waals surface area contributed by atoms with E-state index in [1.54, 1.807) is 18.2 Å². The maximum Gasteiger partial charge on any atom is 0.269 e. The van der Waals surface area contributed by atoms with E-state index in [0.717, 1.165) is 25.7 Å². The molecule has 0 aliphatic heterocycles. The molecule has 5 heteroatoms. The lowest BCUT2D eigenvalue weighted by Crippen LogP contribution is -2.34. The van der Waals surface area contributed by atoms with E-state index in [1.165, 1.54) is 11.1 Å². The highest BCUT2D eigenvalue weighted by atomic mass is 16.2. The van der Waals surface area contributed by atoms with Crippen LogP contribution in [0.2, 0.25) is 0 Å². The molecule has 2 aliphatic carbocycles. The van der Waals surface area contributed by atoms with Gasteiger partial charge in [0.1, 0.15) is 11.4 Å². The van der Waals surface area contributed by atoms with Crippen molar-refractivity contribution in [3.63, 3.8) is 0 Å². The van der Waals surface area contributed by atoms with Crippen LogP contribution in [-0.2, 0) is 10.8 Å². The summed E-state index contributed by atoms with van der Waals surface area (Å²) in [6, 6.07) is 25.6. The van der Waals surface area contributed by atoms with Gasteiger partial charge in [0.15, 0.2) is 0 Å². The summed E-state index contributed by atoms with van der Waals surface area (Å²) in [5.74, 6) is -0.491. The summed E-state index contributed by atoms with van der Waals surface area (Å²) < 4.78 is 0. The normalized spacial score (nSPS) is 17.2. The van der Waals surface area contributed by atoms with Gasteiger partial charge in [-0.05, 0) is 48.9 Å². The summed E-state index contributed by atoms with van der Waals surface area (Å²) in [5, 5.41) is 6.04. The molecule has 32 heavy (non-hydrogen) atoms. The van der Waals surface area contributed by atoms with Crippen LogP contribution in [0.1, 0.15) is 57.8 Å². The number of carbonyl (C=O) groups excluding carboxylic acids is 2. The summed E-state index contributed by atoms with van der Waals surface area (Å²) in [6.07, 6.45) is 4.26. The fourth-order valence-corrected chi connectivity index (χ4v) is 4.39. The molecule has 0 saturated heterocycles. The predicted molar refractivity (Wildman–Crippen MR) is 124 cm³/mol. The van der Waals surface area contributed by atoms with Gasteiger partial charge in [-0.2, -0.15) is 0 Å². The van der Waals surface area contributed by atoms with Crippen LogP contribution in [0.3, 0.4) is 0 Å². The maximum atomic E-state index is 12.7. The third-order valence-corrected chi connectivity index (χ3v) is 6.87. The van der Waals surface area contributed by atoms with E-state index in [1.807, 2.05) is 36.4 Å². The Morgan fingerprint density at radius 2 is 1.03 bits per heavy atom. The van der Waals surface area contributed by atoms with Gasteiger partial charge in [-0.1, -0.05) is 66.7 Å². The zero-order chi connectivity index (χ0) is 22.0. The number of hydrogen-bond acceptors (Lipinski definition) is 3. The molecule has 0 bridgehead atoms. The van der Waals surface area contributed by atoms with Crippen LogP contribution >= 0.6 is 0 Å². The minimum absolute atomic E-state index is 0.0297. The summed E-state index contributed by atoms with van der Waals surface area (Å²) in [6.45, 7) is 1.15. The van der Waals surface area contributed by atoms with Crippen LogP contribution in [-0.4, -0.2) is 29.9 Å². The lowest BCUT2D eigenvalue weighted by atomic mass is 9.96. The van der Waals surface area contributed by atoms with Gasteiger partial charge in [0.05, 0.1) is 0 Å². The number of rotatable bonds is 8. The monoisotopic (exact) mass is 425 g/mol. The fourth-order valence-electron chi connectivity index (χ4n) is 4.39. The van der Waals surface area contributed by atoms with Crippen molar-refractivity contribution in [3.8, 4) is 0 Å². The van der Waals surface area contributed by atoms with Crippen LogP contribution in [0.15, 0.2) is 78.9 Å². The molecule has 2 amide bonds. The first-order valence-electron chi connectivity index (χ1n) is 11.2. The second kappa shape index (κ2) is 8.23. The van der Waals surface area contributed by atoms with Crippen LogP contribution in [0.5, 0.6) is 0 Å². The van der Waals surface area contributed by atoms with Crippen molar-refractivity contribution in [1.82, 2.24) is 15.6 Å². The molecule has 2 aliphatic rings. The van der Waals surface area contributed by atoms with Crippen molar-refractivity contribution in [2.75, 3.05) is 13.1 Å². The van der Waals surface area contributed by atoms with Gasteiger partial charge in [-0.3, -0.25) is 9.59 Å². The van der Waals surface area contributed by atoms with Crippen molar-refractivity contribution in [1.29, 1.82) is 0 Å². The summed E-state index contributed by atoms with van der Waals surface area (Å²) in [4.78, 5) is 29.8. The van der Waals surface area contributed by atoms with E-state index in [2.05, 4.69) is 39.9 Å². The van der Waals surface area contributed by atoms with Crippen LogP contribution in [0, 0.1) is 0 Å². The molecule has 2 fully saturated rings. The Morgan fingerprint density at radius 3 is 1.41 bits per heavy atom. The average molecular weight is 426 g/mol. The van der Waals surface area contributed by atoms with Crippen molar-refractivity contribution < 1.29 is 9.59 Å². The van der Waals surface area contributed by atoms with Crippen LogP contribution in [0.4, 0.5) is 0 Å². The molecule has 1 heterocycles. The third kappa shape index (κ3) is 4.15. The second-order valence-corrected chi connectivity index (χ2v) is 9.07. The molecule has 0 atom stereocenters. The van der Waals surface area contributed by atoms with E-state index in [-0.39, 0.29) is 34.0 Å². The number of pyridine rings is 1. The lowest BCUT2D eigenvalue weighted by Gasteiger charge is -2.17. The van der Waals surface area contributed by atoms with Crippen molar-refractivity contribution in [3.05, 3.63) is 101 Å². The first kappa shape index (κ1) is 20.4. The van der Waals surface area contributed by atoms with E-state index in [0.29, 0.717) is 13.1 Å². The van der Waals surface area contributed by atoms with Gasteiger partial charge in [-0.15, -0.1) is 0 Å². The number of aromatic nitrogens is 1. The SMILES string of the molecule is O=C(NCC1(c2ccccc2)CC1)c1cccc(C(=O)NCC2(c3ccccc3)CC2)n1. The Balaban J connectivity index is 1.20. The number of hydrogen-bond donors (Lipinski definition) is 2. The highest BCUT2D eigenvalue weighted by molar-refractivity contribution is 5.96. The fraction of sp³-hybridized carbons (Fsp3) is 0.296. The van der Waals surface area contributed by atoms with Gasteiger partial charge >= 0.3 is 0 Å². The Labute approximate surface area is 188 Å². The summed E-state index contributed by atoms with van der Waals surface area (Å²) >= 11 is 0. The predicted octanol–water partition coefficient (Wildman–Crippen LogP) is 4.00. The molecule has 162 valence electrons. The lowest BCUT2D eigenvalue weighted by molar-refractivity contribution is 0.0940. The molecule has 1 aromatic heterocycles. The molecular weight excluding hydrogens is 398 g/mol. The third-order valence-electron chi connectivity index (χ3n) is 6.87. The molecule has 2 aromatic carbocycles. The van der Waals surface area contributed by atoms with E-state index in [4.69, 9.17) is 0 Å². The molecule has 2 N–H and O–H groups in total. The van der Waals surface area contributed by atoms with Gasteiger partial charge in [-0.25, -0.2) is 4.98 Å². The number of carbonyl (C=O) groups is 2. The van der Waals surface area contributed by atoms with Gasteiger partial charge in [0.25, 0.3) is 11.8 Å². The zero-order valence-electron chi connectivity index (χ0n) is 18.0. The summed E-state index contributed by atoms with van der Waals surface area (Å²) in [7, 11) is 0. The topological polar surface area (TPSA) is 71.1 Å². The number of amides is 2. The number of nitrogens with one attached hydrogen (secondary N) is 2. The average Bonchev–Trinajstić information content (AvgIpc) is 3.78. The van der Waals surface area contributed by atoms with Crippen molar-refractivity contribution in [2.24, 2.45) is 0 Å². The molecule has 0 radical (unpaired) electrons. The zero-order valence-corrected chi connectivity index (χ0v) is 18.0. The van der Waals surface area contributed by atoms with E-state index < -0.39 is 0 Å². The summed E-state index contributed by atoms with van der Waals surface area (Å²) in [5.41, 5.74) is 3.11. The van der Waals surface area contributed by atoms with Crippen molar-refractivity contribution >= 4 is 11.8 Å².